The first-order valence-corrected chi connectivity index (χ1v) is 10.0. The zero-order valence-corrected chi connectivity index (χ0v) is 17.5. The number of ether oxygens (including phenoxy) is 1. The number of amides is 2. The van der Waals surface area contributed by atoms with Gasteiger partial charge in [-0.2, -0.15) is 5.10 Å². The SMILES string of the molecule is CCCCOc1ccc(/C=N/NC(=O)C(NC(=O)c2ccccc2F)C(C)C)cc1. The molecule has 1 unspecified atom stereocenters. The Morgan fingerprint density at radius 1 is 1.13 bits per heavy atom. The van der Waals surface area contributed by atoms with E-state index >= 15 is 0 Å². The van der Waals surface area contributed by atoms with Crippen molar-refractivity contribution in [1.82, 2.24) is 10.7 Å². The van der Waals surface area contributed by atoms with E-state index in [9.17, 15) is 14.0 Å². The number of hydrogen-bond donors (Lipinski definition) is 2. The average Bonchev–Trinajstić information content (AvgIpc) is 2.73. The topological polar surface area (TPSA) is 79.8 Å². The molecular formula is C23H28FN3O3. The maximum Gasteiger partial charge on any atom is 0.262 e. The number of benzene rings is 2. The minimum absolute atomic E-state index is 0.110. The molecule has 2 aromatic carbocycles. The monoisotopic (exact) mass is 413 g/mol. The molecule has 6 nitrogen and oxygen atoms in total. The first-order valence-electron chi connectivity index (χ1n) is 10.0. The molecule has 160 valence electrons. The minimum Gasteiger partial charge on any atom is -0.494 e. The van der Waals surface area contributed by atoms with Crippen molar-refractivity contribution in [3.8, 4) is 5.75 Å². The van der Waals surface area contributed by atoms with Crippen LogP contribution in [0.1, 0.15) is 49.5 Å². The van der Waals surface area contributed by atoms with Crippen molar-refractivity contribution in [2.45, 2.75) is 39.7 Å². The lowest BCUT2D eigenvalue weighted by molar-refractivity contribution is -0.123. The summed E-state index contributed by atoms with van der Waals surface area (Å²) in [6.07, 6.45) is 3.58. The summed E-state index contributed by atoms with van der Waals surface area (Å²) in [5.74, 6) is -1.20. The van der Waals surface area contributed by atoms with Crippen LogP contribution in [0, 0.1) is 11.7 Å². The molecule has 2 aromatic rings. The lowest BCUT2D eigenvalue weighted by Crippen LogP contribution is -2.48. The molecule has 0 aliphatic carbocycles. The smallest absolute Gasteiger partial charge is 0.262 e. The fourth-order valence-electron chi connectivity index (χ4n) is 2.62. The Balaban J connectivity index is 1.93. The first-order chi connectivity index (χ1) is 14.4. The molecule has 0 saturated carbocycles. The maximum absolute atomic E-state index is 13.8. The predicted octanol–water partition coefficient (Wildman–Crippen LogP) is 3.91. The molecule has 0 radical (unpaired) electrons. The van der Waals surface area contributed by atoms with Crippen molar-refractivity contribution in [1.29, 1.82) is 0 Å². The van der Waals surface area contributed by atoms with Crippen LogP contribution in [0.25, 0.3) is 0 Å². The summed E-state index contributed by atoms with van der Waals surface area (Å²) >= 11 is 0. The van der Waals surface area contributed by atoms with Gasteiger partial charge < -0.3 is 10.1 Å². The van der Waals surface area contributed by atoms with E-state index in [-0.39, 0.29) is 11.5 Å². The third-order valence-corrected chi connectivity index (χ3v) is 4.39. The van der Waals surface area contributed by atoms with Crippen molar-refractivity contribution in [2.75, 3.05) is 6.61 Å². The lowest BCUT2D eigenvalue weighted by Gasteiger charge is -2.20. The van der Waals surface area contributed by atoms with Crippen LogP contribution in [0.2, 0.25) is 0 Å². The molecule has 0 aliphatic heterocycles. The van der Waals surface area contributed by atoms with Gasteiger partial charge in [0.05, 0.1) is 18.4 Å². The largest absolute Gasteiger partial charge is 0.494 e. The second-order valence-corrected chi connectivity index (χ2v) is 7.18. The van der Waals surface area contributed by atoms with Gasteiger partial charge in [-0.15, -0.1) is 0 Å². The lowest BCUT2D eigenvalue weighted by atomic mass is 10.0. The summed E-state index contributed by atoms with van der Waals surface area (Å²) in [6.45, 7) is 6.35. The Bertz CT molecular complexity index is 866. The van der Waals surface area contributed by atoms with E-state index in [1.54, 1.807) is 19.9 Å². The normalized spacial score (nSPS) is 12.0. The van der Waals surface area contributed by atoms with Gasteiger partial charge >= 0.3 is 0 Å². The van der Waals surface area contributed by atoms with Crippen LogP contribution in [0.3, 0.4) is 0 Å². The standard InChI is InChI=1S/C23H28FN3O3/c1-4-5-14-30-18-12-10-17(11-13-18)15-25-27-23(29)21(16(2)3)26-22(28)19-8-6-7-9-20(19)24/h6-13,15-16,21H,4-5,14H2,1-3H3,(H,26,28)(H,27,29)/b25-15+. The third-order valence-electron chi connectivity index (χ3n) is 4.39. The minimum atomic E-state index is -0.858. The van der Waals surface area contributed by atoms with Crippen LogP contribution in [0.4, 0.5) is 4.39 Å². The maximum atomic E-state index is 13.8. The molecule has 2 N–H and O–H groups in total. The van der Waals surface area contributed by atoms with Crippen LogP contribution in [-0.4, -0.2) is 30.7 Å². The highest BCUT2D eigenvalue weighted by Crippen LogP contribution is 2.12. The van der Waals surface area contributed by atoms with E-state index in [1.807, 2.05) is 24.3 Å². The second-order valence-electron chi connectivity index (χ2n) is 7.18. The van der Waals surface area contributed by atoms with Crippen molar-refractivity contribution >= 4 is 18.0 Å². The summed E-state index contributed by atoms with van der Waals surface area (Å²) in [5, 5.41) is 6.53. The highest BCUT2D eigenvalue weighted by molar-refractivity contribution is 5.98. The molecule has 30 heavy (non-hydrogen) atoms. The van der Waals surface area contributed by atoms with E-state index in [4.69, 9.17) is 4.74 Å². The Morgan fingerprint density at radius 3 is 2.47 bits per heavy atom. The Hall–Kier alpha value is -3.22. The quantitative estimate of drug-likeness (QED) is 0.352. The van der Waals surface area contributed by atoms with Gasteiger partial charge in [-0.05, 0) is 54.3 Å². The first kappa shape index (κ1) is 23.1. The number of nitrogens with zero attached hydrogens (tertiary/aromatic N) is 1. The summed E-state index contributed by atoms with van der Waals surface area (Å²) in [5.41, 5.74) is 3.11. The fraction of sp³-hybridized carbons (Fsp3) is 0.348. The van der Waals surface area contributed by atoms with Gasteiger partial charge in [0.2, 0.25) is 0 Å². The number of hydrazone groups is 1. The number of rotatable bonds is 10. The predicted molar refractivity (Wildman–Crippen MR) is 115 cm³/mol. The highest BCUT2D eigenvalue weighted by Gasteiger charge is 2.25. The zero-order chi connectivity index (χ0) is 21.9. The van der Waals surface area contributed by atoms with Gasteiger partial charge in [0.25, 0.3) is 11.8 Å². The summed E-state index contributed by atoms with van der Waals surface area (Å²) in [6, 6.07) is 12.1. The van der Waals surface area contributed by atoms with Crippen LogP contribution in [0.5, 0.6) is 5.75 Å². The van der Waals surface area contributed by atoms with Gasteiger partial charge in [0, 0.05) is 0 Å². The molecule has 0 heterocycles. The molecule has 0 aliphatic rings. The van der Waals surface area contributed by atoms with Gasteiger partial charge in [-0.25, -0.2) is 9.82 Å². The van der Waals surface area contributed by atoms with E-state index < -0.39 is 23.7 Å². The number of halogens is 1. The number of carbonyl (C=O) groups excluding carboxylic acids is 2. The number of unbranched alkanes of at least 4 members (excludes halogenated alkanes) is 1. The summed E-state index contributed by atoms with van der Waals surface area (Å²) < 4.78 is 19.4. The number of nitrogens with one attached hydrogen (secondary N) is 2. The van der Waals surface area contributed by atoms with Crippen molar-refractivity contribution in [3.05, 3.63) is 65.5 Å². The molecular weight excluding hydrogens is 385 g/mol. The van der Waals surface area contributed by atoms with Crippen LogP contribution in [0.15, 0.2) is 53.6 Å². The van der Waals surface area contributed by atoms with Crippen LogP contribution < -0.4 is 15.5 Å². The Labute approximate surface area is 176 Å². The second kappa shape index (κ2) is 11.7. The van der Waals surface area contributed by atoms with Crippen molar-refractivity contribution in [3.63, 3.8) is 0 Å². The molecule has 0 bridgehead atoms. The van der Waals surface area contributed by atoms with Crippen LogP contribution >= 0.6 is 0 Å². The molecule has 2 amide bonds. The highest BCUT2D eigenvalue weighted by atomic mass is 19.1. The molecule has 0 spiro atoms. The fourth-order valence-corrected chi connectivity index (χ4v) is 2.62. The average molecular weight is 413 g/mol. The summed E-state index contributed by atoms with van der Waals surface area (Å²) in [7, 11) is 0. The van der Waals surface area contributed by atoms with Gasteiger partial charge in [0.1, 0.15) is 17.6 Å². The molecule has 2 rings (SSSR count). The Kier molecular flexibility index (Phi) is 9.00. The van der Waals surface area contributed by atoms with E-state index in [0.29, 0.717) is 6.61 Å². The molecule has 0 fully saturated rings. The van der Waals surface area contributed by atoms with Crippen molar-refractivity contribution in [2.24, 2.45) is 11.0 Å². The van der Waals surface area contributed by atoms with E-state index in [1.165, 1.54) is 24.4 Å². The third kappa shape index (κ3) is 6.99. The van der Waals surface area contributed by atoms with Gasteiger partial charge in [0.15, 0.2) is 0 Å². The van der Waals surface area contributed by atoms with E-state index in [0.717, 1.165) is 24.2 Å². The molecule has 7 heteroatoms. The van der Waals surface area contributed by atoms with Gasteiger partial charge in [-0.1, -0.05) is 39.3 Å². The van der Waals surface area contributed by atoms with Gasteiger partial charge in [-0.3, -0.25) is 9.59 Å². The molecule has 0 aromatic heterocycles. The number of carbonyl (C=O) groups is 2. The van der Waals surface area contributed by atoms with Crippen LogP contribution in [-0.2, 0) is 4.79 Å². The summed E-state index contributed by atoms with van der Waals surface area (Å²) in [4.78, 5) is 24.8. The van der Waals surface area contributed by atoms with Crippen molar-refractivity contribution < 1.29 is 18.7 Å². The Morgan fingerprint density at radius 2 is 1.83 bits per heavy atom. The van der Waals surface area contributed by atoms with E-state index in [2.05, 4.69) is 22.8 Å². The number of hydrogen-bond acceptors (Lipinski definition) is 4. The molecule has 1 atom stereocenters. The molecule has 0 saturated heterocycles. The zero-order valence-electron chi connectivity index (χ0n) is 17.5.